The Kier molecular flexibility index (Phi) is 7.39. The molecule has 21 heavy (non-hydrogen) atoms. The van der Waals surface area contributed by atoms with Crippen molar-refractivity contribution in [2.24, 2.45) is 0 Å². The van der Waals surface area contributed by atoms with E-state index >= 15 is 0 Å². The van der Waals surface area contributed by atoms with E-state index in [0.717, 1.165) is 10.5 Å². The zero-order valence-corrected chi connectivity index (χ0v) is 14.1. The first-order valence-electron chi connectivity index (χ1n) is 6.87. The van der Waals surface area contributed by atoms with Crippen LogP contribution in [0.15, 0.2) is 17.0 Å². The Morgan fingerprint density at radius 3 is 2.43 bits per heavy atom. The first-order chi connectivity index (χ1) is 10.1. The van der Waals surface area contributed by atoms with Gasteiger partial charge in [-0.05, 0) is 37.8 Å². The summed E-state index contributed by atoms with van der Waals surface area (Å²) < 4.78 is 10.6. The molecule has 1 aromatic carbocycles. The zero-order valence-electron chi connectivity index (χ0n) is 13.3. The topological polar surface area (TPSA) is 59.6 Å². The quantitative estimate of drug-likeness (QED) is 0.719. The third kappa shape index (κ3) is 4.82. The molecule has 118 valence electrons. The average Bonchev–Trinajstić information content (AvgIpc) is 2.51. The maximum absolute atomic E-state index is 11.7. The van der Waals surface area contributed by atoms with E-state index < -0.39 is 0 Å². The number of rotatable bonds is 8. The second kappa shape index (κ2) is 8.79. The normalized spacial score (nSPS) is 11.9. The van der Waals surface area contributed by atoms with Crippen molar-refractivity contribution in [1.29, 1.82) is 0 Å². The lowest BCUT2D eigenvalue weighted by atomic mass is 10.2. The minimum atomic E-state index is -0.243. The number of hydrogen-bond donors (Lipinski definition) is 2. The number of amides is 1. The predicted molar refractivity (Wildman–Crippen MR) is 86.3 cm³/mol. The summed E-state index contributed by atoms with van der Waals surface area (Å²) >= 11 is 1.64. The molecular weight excluding hydrogens is 288 g/mol. The lowest BCUT2D eigenvalue weighted by Gasteiger charge is -2.17. The van der Waals surface area contributed by atoms with Crippen LogP contribution < -0.4 is 20.1 Å². The monoisotopic (exact) mass is 312 g/mol. The summed E-state index contributed by atoms with van der Waals surface area (Å²) in [6.45, 7) is 4.99. The van der Waals surface area contributed by atoms with E-state index in [4.69, 9.17) is 9.47 Å². The molecule has 0 radical (unpaired) electrons. The molecule has 5 nitrogen and oxygen atoms in total. The van der Waals surface area contributed by atoms with Gasteiger partial charge in [0.25, 0.3) is 0 Å². The molecule has 0 aromatic heterocycles. The van der Waals surface area contributed by atoms with E-state index in [2.05, 4.69) is 10.6 Å². The number of carbonyl (C=O) groups excluding carboxylic acids is 1. The maximum Gasteiger partial charge on any atom is 0.236 e. The Labute approximate surface area is 130 Å². The summed E-state index contributed by atoms with van der Waals surface area (Å²) in [5.74, 6) is 1.41. The molecule has 1 amide bonds. The third-order valence-electron chi connectivity index (χ3n) is 3.13. The van der Waals surface area contributed by atoms with Crippen LogP contribution >= 0.6 is 11.8 Å². The van der Waals surface area contributed by atoms with Gasteiger partial charge in [-0.25, -0.2) is 0 Å². The van der Waals surface area contributed by atoms with Crippen LogP contribution in [0.3, 0.4) is 0 Å². The van der Waals surface area contributed by atoms with E-state index in [1.165, 1.54) is 0 Å². The number of thioether (sulfide) groups is 1. The molecular formula is C15H24N2O3S. The summed E-state index contributed by atoms with van der Waals surface area (Å²) in [4.78, 5) is 12.8. The van der Waals surface area contributed by atoms with Crippen molar-refractivity contribution < 1.29 is 14.3 Å². The molecule has 1 atom stereocenters. The van der Waals surface area contributed by atoms with Gasteiger partial charge in [0, 0.05) is 18.0 Å². The van der Waals surface area contributed by atoms with Gasteiger partial charge >= 0.3 is 0 Å². The lowest BCUT2D eigenvalue weighted by molar-refractivity contribution is -0.122. The molecule has 1 aromatic rings. The van der Waals surface area contributed by atoms with E-state index in [1.807, 2.05) is 32.2 Å². The average molecular weight is 312 g/mol. The van der Waals surface area contributed by atoms with E-state index in [0.29, 0.717) is 24.6 Å². The summed E-state index contributed by atoms with van der Waals surface area (Å²) in [5, 5.41) is 6.02. The Morgan fingerprint density at radius 1 is 1.29 bits per heavy atom. The van der Waals surface area contributed by atoms with Crippen LogP contribution in [0.25, 0.3) is 0 Å². The van der Waals surface area contributed by atoms with Crippen LogP contribution in [0.2, 0.25) is 0 Å². The largest absolute Gasteiger partial charge is 0.493 e. The van der Waals surface area contributed by atoms with Gasteiger partial charge in [0.1, 0.15) is 0 Å². The van der Waals surface area contributed by atoms with Crippen LogP contribution in [-0.4, -0.2) is 39.0 Å². The number of methoxy groups -OCH3 is 2. The zero-order chi connectivity index (χ0) is 15.8. The van der Waals surface area contributed by atoms with Crippen LogP contribution in [0, 0.1) is 0 Å². The van der Waals surface area contributed by atoms with E-state index in [-0.39, 0.29) is 11.9 Å². The molecule has 0 aliphatic rings. The number of hydrogen-bond acceptors (Lipinski definition) is 5. The highest BCUT2D eigenvalue weighted by atomic mass is 32.2. The smallest absolute Gasteiger partial charge is 0.236 e. The first-order valence-corrected chi connectivity index (χ1v) is 8.09. The number of ether oxygens (including phenoxy) is 2. The van der Waals surface area contributed by atoms with Crippen molar-refractivity contribution >= 4 is 17.7 Å². The number of likely N-dealkylation sites (N-methyl/N-ethyl adjacent to an activating group) is 1. The minimum absolute atomic E-state index is 0.00341. The van der Waals surface area contributed by atoms with Crippen LogP contribution in [0.5, 0.6) is 11.5 Å². The number of benzene rings is 1. The van der Waals surface area contributed by atoms with Crippen LogP contribution in [0.4, 0.5) is 0 Å². The van der Waals surface area contributed by atoms with Crippen LogP contribution in [0.1, 0.15) is 19.4 Å². The Hall–Kier alpha value is -1.40. The summed E-state index contributed by atoms with van der Waals surface area (Å²) in [7, 11) is 3.24. The second-order valence-corrected chi connectivity index (χ2v) is 5.36. The molecule has 2 N–H and O–H groups in total. The Morgan fingerprint density at radius 2 is 1.90 bits per heavy atom. The van der Waals surface area contributed by atoms with E-state index in [1.54, 1.807) is 26.0 Å². The SMILES string of the molecule is CCNC(=O)C(C)NCc1cc(OC)c(OC)cc1SC. The fourth-order valence-electron chi connectivity index (χ4n) is 1.91. The van der Waals surface area contributed by atoms with Crippen molar-refractivity contribution in [3.8, 4) is 11.5 Å². The minimum Gasteiger partial charge on any atom is -0.493 e. The van der Waals surface area contributed by atoms with Gasteiger partial charge in [-0.2, -0.15) is 0 Å². The van der Waals surface area contributed by atoms with Gasteiger partial charge in [0.05, 0.1) is 20.3 Å². The number of nitrogens with one attached hydrogen (secondary N) is 2. The highest BCUT2D eigenvalue weighted by Gasteiger charge is 2.14. The van der Waals surface area contributed by atoms with Gasteiger partial charge in [0.15, 0.2) is 11.5 Å². The number of carbonyl (C=O) groups is 1. The van der Waals surface area contributed by atoms with Gasteiger partial charge in [-0.1, -0.05) is 0 Å². The maximum atomic E-state index is 11.7. The third-order valence-corrected chi connectivity index (χ3v) is 3.95. The molecule has 1 unspecified atom stereocenters. The summed E-state index contributed by atoms with van der Waals surface area (Å²) in [6, 6.07) is 3.66. The fourth-order valence-corrected chi connectivity index (χ4v) is 2.53. The lowest BCUT2D eigenvalue weighted by Crippen LogP contribution is -2.41. The summed E-state index contributed by atoms with van der Waals surface area (Å²) in [5.41, 5.74) is 1.08. The molecule has 1 rings (SSSR count). The summed E-state index contributed by atoms with van der Waals surface area (Å²) in [6.07, 6.45) is 2.01. The second-order valence-electron chi connectivity index (χ2n) is 4.52. The molecule has 6 heteroatoms. The molecule has 0 saturated carbocycles. The van der Waals surface area contributed by atoms with Crippen molar-refractivity contribution in [3.63, 3.8) is 0 Å². The molecule has 0 aliphatic heterocycles. The van der Waals surface area contributed by atoms with Crippen molar-refractivity contribution in [2.75, 3.05) is 27.0 Å². The van der Waals surface area contributed by atoms with Crippen LogP contribution in [-0.2, 0) is 11.3 Å². The highest BCUT2D eigenvalue weighted by molar-refractivity contribution is 7.98. The standard InChI is InChI=1S/C15H24N2O3S/c1-6-16-15(18)10(2)17-9-11-7-12(19-3)13(20-4)8-14(11)21-5/h7-8,10,17H,6,9H2,1-5H3,(H,16,18). The fraction of sp³-hybridized carbons (Fsp3) is 0.533. The molecule has 0 saturated heterocycles. The molecule has 0 heterocycles. The van der Waals surface area contributed by atoms with Crippen molar-refractivity contribution in [1.82, 2.24) is 10.6 Å². The first kappa shape index (κ1) is 17.7. The van der Waals surface area contributed by atoms with Crippen molar-refractivity contribution in [3.05, 3.63) is 17.7 Å². The van der Waals surface area contributed by atoms with Gasteiger partial charge < -0.3 is 20.1 Å². The van der Waals surface area contributed by atoms with E-state index in [9.17, 15) is 4.79 Å². The van der Waals surface area contributed by atoms with Gasteiger partial charge in [-0.3, -0.25) is 4.79 Å². The molecule has 0 fully saturated rings. The Bertz CT molecular complexity index is 480. The Balaban J connectivity index is 2.84. The highest BCUT2D eigenvalue weighted by Crippen LogP contribution is 2.34. The van der Waals surface area contributed by atoms with Crippen molar-refractivity contribution in [2.45, 2.75) is 31.3 Å². The molecule has 0 spiro atoms. The predicted octanol–water partition coefficient (Wildman–Crippen LogP) is 2.04. The van der Waals surface area contributed by atoms with Gasteiger partial charge in [-0.15, -0.1) is 11.8 Å². The molecule has 0 bridgehead atoms. The molecule has 0 aliphatic carbocycles. The van der Waals surface area contributed by atoms with Gasteiger partial charge in [0.2, 0.25) is 5.91 Å².